The quantitative estimate of drug-likeness (QED) is 0.803. The SMILES string of the molecule is CN(Cc1ccccc1)c1ncccc1CNC(=O)[C@H]1CC(=O)N(C2CC2)C1. The van der Waals surface area contributed by atoms with E-state index >= 15 is 0 Å². The van der Waals surface area contributed by atoms with Crippen molar-refractivity contribution in [3.63, 3.8) is 0 Å². The lowest BCUT2D eigenvalue weighted by Gasteiger charge is -2.22. The third kappa shape index (κ3) is 4.16. The molecule has 1 aliphatic heterocycles. The number of benzene rings is 1. The molecule has 2 aliphatic rings. The third-order valence-corrected chi connectivity index (χ3v) is 5.46. The van der Waals surface area contributed by atoms with Crippen LogP contribution < -0.4 is 10.2 Å². The van der Waals surface area contributed by atoms with Crippen molar-refractivity contribution in [1.82, 2.24) is 15.2 Å². The Morgan fingerprint density at radius 1 is 1.21 bits per heavy atom. The smallest absolute Gasteiger partial charge is 0.225 e. The third-order valence-electron chi connectivity index (χ3n) is 5.46. The van der Waals surface area contributed by atoms with Crippen molar-refractivity contribution in [1.29, 1.82) is 0 Å². The first-order valence-electron chi connectivity index (χ1n) is 9.88. The van der Waals surface area contributed by atoms with Gasteiger partial charge in [0.2, 0.25) is 11.8 Å². The van der Waals surface area contributed by atoms with Crippen LogP contribution in [0, 0.1) is 5.92 Å². The number of hydrogen-bond donors (Lipinski definition) is 1. The molecule has 146 valence electrons. The predicted octanol–water partition coefficient (Wildman–Crippen LogP) is 2.35. The molecule has 2 fully saturated rings. The topological polar surface area (TPSA) is 65.5 Å². The van der Waals surface area contributed by atoms with Crippen LogP contribution in [0.2, 0.25) is 0 Å². The van der Waals surface area contributed by atoms with Crippen LogP contribution in [-0.2, 0) is 22.7 Å². The molecule has 1 saturated carbocycles. The van der Waals surface area contributed by atoms with E-state index in [0.717, 1.165) is 30.8 Å². The largest absolute Gasteiger partial charge is 0.355 e. The summed E-state index contributed by atoms with van der Waals surface area (Å²) in [5, 5.41) is 3.02. The molecule has 0 radical (unpaired) electrons. The van der Waals surface area contributed by atoms with Crippen LogP contribution in [0.3, 0.4) is 0 Å². The summed E-state index contributed by atoms with van der Waals surface area (Å²) in [4.78, 5) is 33.2. The zero-order chi connectivity index (χ0) is 19.5. The van der Waals surface area contributed by atoms with Crippen molar-refractivity contribution < 1.29 is 9.59 Å². The van der Waals surface area contributed by atoms with Crippen LogP contribution in [-0.4, -0.2) is 41.3 Å². The van der Waals surface area contributed by atoms with Crippen molar-refractivity contribution >= 4 is 17.6 Å². The fourth-order valence-corrected chi connectivity index (χ4v) is 3.82. The standard InChI is InChI=1S/C22H26N4O2/c1-25(14-16-6-3-2-4-7-16)21-17(8-5-11-23-21)13-24-22(28)18-12-20(27)26(15-18)19-9-10-19/h2-8,11,18-19H,9-10,12-15H2,1H3,(H,24,28)/t18-/m0/s1. The van der Waals surface area contributed by atoms with Gasteiger partial charge in [-0.1, -0.05) is 36.4 Å². The number of amides is 2. The van der Waals surface area contributed by atoms with E-state index in [4.69, 9.17) is 0 Å². The fourth-order valence-electron chi connectivity index (χ4n) is 3.82. The summed E-state index contributed by atoms with van der Waals surface area (Å²) in [5.41, 5.74) is 2.17. The Morgan fingerprint density at radius 2 is 2.00 bits per heavy atom. The lowest BCUT2D eigenvalue weighted by atomic mass is 10.1. The van der Waals surface area contributed by atoms with E-state index in [1.165, 1.54) is 5.56 Å². The summed E-state index contributed by atoms with van der Waals surface area (Å²) < 4.78 is 0. The molecule has 1 aromatic heterocycles. The molecule has 28 heavy (non-hydrogen) atoms. The Kier molecular flexibility index (Phi) is 5.28. The van der Waals surface area contributed by atoms with Crippen LogP contribution in [0.25, 0.3) is 0 Å². The molecule has 1 aliphatic carbocycles. The Bertz CT molecular complexity index is 851. The highest BCUT2D eigenvalue weighted by atomic mass is 16.2. The Labute approximate surface area is 165 Å². The normalized spacial score (nSPS) is 19.0. The van der Waals surface area contributed by atoms with Crippen LogP contribution in [0.15, 0.2) is 48.7 Å². The van der Waals surface area contributed by atoms with E-state index in [0.29, 0.717) is 25.6 Å². The molecule has 1 atom stereocenters. The van der Waals surface area contributed by atoms with Crippen LogP contribution in [0.1, 0.15) is 30.4 Å². The molecule has 2 heterocycles. The zero-order valence-corrected chi connectivity index (χ0v) is 16.2. The van der Waals surface area contributed by atoms with Crippen LogP contribution in [0.4, 0.5) is 5.82 Å². The van der Waals surface area contributed by atoms with Crippen molar-refractivity contribution in [2.24, 2.45) is 5.92 Å². The van der Waals surface area contributed by atoms with Crippen molar-refractivity contribution in [3.8, 4) is 0 Å². The summed E-state index contributed by atoms with van der Waals surface area (Å²) >= 11 is 0. The van der Waals surface area contributed by atoms with Crippen LogP contribution in [0.5, 0.6) is 0 Å². The highest BCUT2D eigenvalue weighted by molar-refractivity contribution is 5.89. The fraction of sp³-hybridized carbons (Fsp3) is 0.409. The number of nitrogens with one attached hydrogen (secondary N) is 1. The second kappa shape index (κ2) is 8.00. The maximum absolute atomic E-state index is 12.6. The second-order valence-electron chi connectivity index (χ2n) is 7.72. The van der Waals surface area contributed by atoms with Gasteiger partial charge in [0.25, 0.3) is 0 Å². The van der Waals surface area contributed by atoms with E-state index in [1.54, 1.807) is 6.20 Å². The molecule has 1 saturated heterocycles. The van der Waals surface area contributed by atoms with E-state index in [1.807, 2.05) is 42.3 Å². The molecular formula is C22H26N4O2. The lowest BCUT2D eigenvalue weighted by molar-refractivity contribution is -0.129. The van der Waals surface area contributed by atoms with Crippen molar-refractivity contribution in [3.05, 3.63) is 59.8 Å². The summed E-state index contributed by atoms with van der Waals surface area (Å²) in [6.45, 7) is 1.71. The highest BCUT2D eigenvalue weighted by Crippen LogP contribution is 2.32. The summed E-state index contributed by atoms with van der Waals surface area (Å²) in [6.07, 6.45) is 4.25. The number of pyridine rings is 1. The van der Waals surface area contributed by atoms with E-state index in [-0.39, 0.29) is 17.7 Å². The van der Waals surface area contributed by atoms with Gasteiger partial charge in [-0.25, -0.2) is 4.98 Å². The van der Waals surface area contributed by atoms with Gasteiger partial charge in [-0.2, -0.15) is 0 Å². The van der Waals surface area contributed by atoms with Gasteiger partial charge in [-0.15, -0.1) is 0 Å². The van der Waals surface area contributed by atoms with Gasteiger partial charge in [0.15, 0.2) is 0 Å². The second-order valence-corrected chi connectivity index (χ2v) is 7.72. The van der Waals surface area contributed by atoms with E-state index in [2.05, 4.69) is 27.3 Å². The number of anilines is 1. The van der Waals surface area contributed by atoms with Gasteiger partial charge in [0.05, 0.1) is 5.92 Å². The van der Waals surface area contributed by atoms with Crippen LogP contribution >= 0.6 is 0 Å². The molecule has 6 nitrogen and oxygen atoms in total. The molecule has 1 N–H and O–H groups in total. The first-order chi connectivity index (χ1) is 13.6. The number of likely N-dealkylation sites (tertiary alicyclic amines) is 1. The number of rotatable bonds is 7. The van der Waals surface area contributed by atoms with Gasteiger partial charge < -0.3 is 15.1 Å². The number of aromatic nitrogens is 1. The predicted molar refractivity (Wildman–Crippen MR) is 107 cm³/mol. The monoisotopic (exact) mass is 378 g/mol. The summed E-state index contributed by atoms with van der Waals surface area (Å²) in [7, 11) is 2.00. The van der Waals surface area contributed by atoms with Gasteiger partial charge in [-0.05, 0) is 24.5 Å². The maximum atomic E-state index is 12.6. The minimum Gasteiger partial charge on any atom is -0.355 e. The molecule has 1 aromatic carbocycles. The molecule has 0 spiro atoms. The molecule has 4 rings (SSSR count). The number of nitrogens with zero attached hydrogens (tertiary/aromatic N) is 3. The molecule has 6 heteroatoms. The Morgan fingerprint density at radius 3 is 2.75 bits per heavy atom. The number of carbonyl (C=O) groups excluding carboxylic acids is 2. The summed E-state index contributed by atoms with van der Waals surface area (Å²) in [5.74, 6) is 0.688. The maximum Gasteiger partial charge on any atom is 0.225 e. The van der Waals surface area contributed by atoms with Gasteiger partial charge in [0, 0.05) is 50.9 Å². The molecule has 0 bridgehead atoms. The Balaban J connectivity index is 1.37. The minimum absolute atomic E-state index is 0.0444. The minimum atomic E-state index is -0.240. The van der Waals surface area contributed by atoms with E-state index in [9.17, 15) is 9.59 Å². The lowest BCUT2D eigenvalue weighted by Crippen LogP contribution is -2.33. The van der Waals surface area contributed by atoms with E-state index < -0.39 is 0 Å². The number of hydrogen-bond acceptors (Lipinski definition) is 4. The number of carbonyl (C=O) groups is 2. The van der Waals surface area contributed by atoms with Gasteiger partial charge in [-0.3, -0.25) is 9.59 Å². The molecular weight excluding hydrogens is 352 g/mol. The average molecular weight is 378 g/mol. The zero-order valence-electron chi connectivity index (χ0n) is 16.2. The van der Waals surface area contributed by atoms with Gasteiger partial charge >= 0.3 is 0 Å². The van der Waals surface area contributed by atoms with Crippen molar-refractivity contribution in [2.45, 2.75) is 38.4 Å². The first-order valence-corrected chi connectivity index (χ1v) is 9.88. The van der Waals surface area contributed by atoms with Crippen molar-refractivity contribution in [2.75, 3.05) is 18.5 Å². The molecule has 0 unspecified atom stereocenters. The first kappa shape index (κ1) is 18.5. The summed E-state index contributed by atoms with van der Waals surface area (Å²) in [6, 6.07) is 14.5. The average Bonchev–Trinajstić information content (AvgIpc) is 3.48. The molecule has 2 aromatic rings. The molecule has 2 amide bonds. The highest BCUT2D eigenvalue weighted by Gasteiger charge is 2.41. The Hall–Kier alpha value is -2.89. The van der Waals surface area contributed by atoms with Gasteiger partial charge in [0.1, 0.15) is 5.82 Å².